The number of hydrogen-bond donors (Lipinski definition) is 0. The molecule has 10 aromatic rings. The van der Waals surface area contributed by atoms with E-state index >= 15 is 13.2 Å². The van der Waals surface area contributed by atoms with Crippen molar-refractivity contribution in [2.45, 2.75) is 12.4 Å². The van der Waals surface area contributed by atoms with E-state index in [1.54, 1.807) is 41.5 Å². The van der Waals surface area contributed by atoms with Crippen LogP contribution >= 0.6 is 0 Å². The van der Waals surface area contributed by atoms with Crippen molar-refractivity contribution in [1.29, 1.82) is 0 Å². The number of alkyl halides is 6. The molecular weight excluding hydrogens is 751 g/mol. The smallest absolute Gasteiger partial charge is 0.307 e. The average Bonchev–Trinajstić information content (AvgIpc) is 3.75. The summed E-state index contributed by atoms with van der Waals surface area (Å²) in [6.45, 7) is 0. The summed E-state index contributed by atoms with van der Waals surface area (Å²) in [5.74, 6) is 0.978. The van der Waals surface area contributed by atoms with Gasteiger partial charge in [0.1, 0.15) is 0 Å². The molecular formula is C46H26F6N6. The van der Waals surface area contributed by atoms with Gasteiger partial charge in [-0.25, -0.2) is 19.9 Å². The van der Waals surface area contributed by atoms with Crippen LogP contribution in [0.15, 0.2) is 158 Å². The van der Waals surface area contributed by atoms with Gasteiger partial charge in [-0.1, -0.05) is 48.5 Å². The fraction of sp³-hybridized carbons (Fsp3) is 0.0435. The highest BCUT2D eigenvalue weighted by atomic mass is 19.4. The van der Waals surface area contributed by atoms with Crippen LogP contribution in [-0.2, 0) is 12.4 Å². The number of nitrogens with zero attached hydrogens (tertiary/aromatic N) is 6. The first-order valence-corrected chi connectivity index (χ1v) is 18.1. The molecule has 0 aliphatic carbocycles. The third-order valence-corrected chi connectivity index (χ3v) is 10.4. The minimum absolute atomic E-state index is 0.163. The summed E-state index contributed by atoms with van der Waals surface area (Å²) in [5, 5.41) is 3.10. The Balaban J connectivity index is 1.35. The van der Waals surface area contributed by atoms with E-state index in [4.69, 9.17) is 0 Å². The molecule has 4 heterocycles. The van der Waals surface area contributed by atoms with Gasteiger partial charge in [0.05, 0.1) is 44.6 Å². The van der Waals surface area contributed by atoms with Gasteiger partial charge in [-0.3, -0.25) is 0 Å². The minimum Gasteiger partial charge on any atom is -0.307 e. The van der Waals surface area contributed by atoms with Gasteiger partial charge in [0.25, 0.3) is 0 Å². The number of aromatic nitrogens is 6. The van der Waals surface area contributed by atoms with E-state index < -0.39 is 29.0 Å². The van der Waals surface area contributed by atoms with Crippen molar-refractivity contribution in [3.05, 3.63) is 169 Å². The van der Waals surface area contributed by atoms with Gasteiger partial charge in [-0.2, -0.15) is 26.3 Å². The number of hydrogen-bond acceptors (Lipinski definition) is 4. The van der Waals surface area contributed by atoms with Crippen molar-refractivity contribution in [2.24, 2.45) is 0 Å². The molecule has 0 aliphatic heterocycles. The van der Waals surface area contributed by atoms with Gasteiger partial charge in [0.15, 0.2) is 11.6 Å². The predicted octanol–water partition coefficient (Wildman–Crippen LogP) is 12.5. The molecule has 282 valence electrons. The standard InChI is InChI=1S/C46H26F6N6/c47-45(48,49)30-9-5-8-27(22-30)33-25-41(57-37-12-3-1-10-31(37)34-23-28(14-16-39(34)57)43-53-18-6-19-54-43)42(26-36(33)46(50,51)52)58-38-13-4-2-11-32(38)35-24-29(15-17-40(35)58)44-55-20-7-21-56-44/h1-26H. The van der Waals surface area contributed by atoms with E-state index in [9.17, 15) is 13.2 Å². The lowest BCUT2D eigenvalue weighted by atomic mass is 9.95. The first kappa shape index (κ1) is 35.1. The van der Waals surface area contributed by atoms with Crippen molar-refractivity contribution < 1.29 is 26.3 Å². The quantitative estimate of drug-likeness (QED) is 0.163. The van der Waals surface area contributed by atoms with Crippen molar-refractivity contribution in [3.8, 4) is 45.3 Å². The van der Waals surface area contributed by atoms with Crippen LogP contribution in [0.3, 0.4) is 0 Å². The molecule has 0 aliphatic rings. The molecule has 12 heteroatoms. The summed E-state index contributed by atoms with van der Waals surface area (Å²) in [6, 6.07) is 36.0. The Morgan fingerprint density at radius 1 is 0.379 bits per heavy atom. The van der Waals surface area contributed by atoms with Crippen molar-refractivity contribution in [3.63, 3.8) is 0 Å². The van der Waals surface area contributed by atoms with Crippen LogP contribution in [-0.4, -0.2) is 29.1 Å². The van der Waals surface area contributed by atoms with E-state index in [0.717, 1.165) is 51.4 Å². The van der Waals surface area contributed by atoms with E-state index in [0.29, 0.717) is 45.0 Å². The molecule has 0 atom stereocenters. The summed E-state index contributed by atoms with van der Waals surface area (Å²) < 4.78 is 92.3. The minimum atomic E-state index is -4.96. The Kier molecular flexibility index (Phi) is 7.94. The topological polar surface area (TPSA) is 61.4 Å². The maximum Gasteiger partial charge on any atom is 0.417 e. The van der Waals surface area contributed by atoms with Gasteiger partial charge < -0.3 is 9.13 Å². The van der Waals surface area contributed by atoms with Gasteiger partial charge in [0, 0.05) is 57.5 Å². The van der Waals surface area contributed by atoms with Crippen LogP contribution in [0.5, 0.6) is 0 Å². The van der Waals surface area contributed by atoms with E-state index in [1.165, 1.54) is 12.1 Å². The lowest BCUT2D eigenvalue weighted by molar-refractivity contribution is -0.137. The summed E-state index contributed by atoms with van der Waals surface area (Å²) in [6.07, 6.45) is -3.19. The highest BCUT2D eigenvalue weighted by Crippen LogP contribution is 2.46. The van der Waals surface area contributed by atoms with Crippen LogP contribution in [0.1, 0.15) is 11.1 Å². The Labute approximate surface area is 325 Å². The fourth-order valence-corrected chi connectivity index (χ4v) is 7.91. The van der Waals surface area contributed by atoms with Gasteiger partial charge >= 0.3 is 12.4 Å². The number of para-hydroxylation sites is 2. The zero-order valence-electron chi connectivity index (χ0n) is 30.0. The SMILES string of the molecule is FC(F)(F)c1cccc(-c2cc(-n3c4ccccc4c4cc(-c5ncccn5)ccc43)c(-n3c4ccccc4c4cc(-c5ncccn5)ccc43)cc2C(F)(F)F)c1. The molecule has 6 nitrogen and oxygen atoms in total. The molecule has 0 unspecified atom stereocenters. The summed E-state index contributed by atoms with van der Waals surface area (Å²) >= 11 is 0. The lowest BCUT2D eigenvalue weighted by Gasteiger charge is -2.22. The Morgan fingerprint density at radius 2 is 0.862 bits per heavy atom. The predicted molar refractivity (Wildman–Crippen MR) is 213 cm³/mol. The molecule has 0 saturated carbocycles. The second-order valence-electron chi connectivity index (χ2n) is 13.8. The third kappa shape index (κ3) is 5.75. The first-order chi connectivity index (χ1) is 28.0. The number of rotatable bonds is 5. The summed E-state index contributed by atoms with van der Waals surface area (Å²) in [7, 11) is 0. The van der Waals surface area contributed by atoms with Crippen molar-refractivity contribution in [2.75, 3.05) is 0 Å². The number of fused-ring (bicyclic) bond motifs is 6. The van der Waals surface area contributed by atoms with E-state index in [2.05, 4.69) is 19.9 Å². The number of halogens is 6. The van der Waals surface area contributed by atoms with Crippen LogP contribution in [0.25, 0.3) is 88.9 Å². The molecule has 10 rings (SSSR count). The molecule has 0 N–H and O–H groups in total. The molecule has 0 fully saturated rings. The lowest BCUT2D eigenvalue weighted by Crippen LogP contribution is -2.12. The second-order valence-corrected chi connectivity index (χ2v) is 13.8. The highest BCUT2D eigenvalue weighted by Gasteiger charge is 2.37. The second kappa shape index (κ2) is 13.1. The van der Waals surface area contributed by atoms with Crippen LogP contribution < -0.4 is 0 Å². The number of benzene rings is 6. The molecule has 0 amide bonds. The highest BCUT2D eigenvalue weighted by molar-refractivity contribution is 6.13. The maximum atomic E-state index is 15.5. The normalized spacial score (nSPS) is 12.3. The summed E-state index contributed by atoms with van der Waals surface area (Å²) in [5.41, 5.74) is 1.69. The molecule has 6 aromatic carbocycles. The van der Waals surface area contributed by atoms with Crippen LogP contribution in [0.2, 0.25) is 0 Å². The van der Waals surface area contributed by atoms with Crippen LogP contribution in [0, 0.1) is 0 Å². The summed E-state index contributed by atoms with van der Waals surface area (Å²) in [4.78, 5) is 17.6. The van der Waals surface area contributed by atoms with Gasteiger partial charge in [-0.15, -0.1) is 0 Å². The molecule has 0 bridgehead atoms. The van der Waals surface area contributed by atoms with E-state index in [-0.39, 0.29) is 11.3 Å². The molecule has 0 radical (unpaired) electrons. The third-order valence-electron chi connectivity index (χ3n) is 10.4. The molecule has 4 aromatic heterocycles. The Bertz CT molecular complexity index is 3200. The van der Waals surface area contributed by atoms with Gasteiger partial charge in [-0.05, 0) is 96.1 Å². The van der Waals surface area contributed by atoms with Crippen molar-refractivity contribution in [1.82, 2.24) is 29.1 Å². The van der Waals surface area contributed by atoms with Crippen LogP contribution in [0.4, 0.5) is 26.3 Å². The maximum absolute atomic E-state index is 15.5. The fourth-order valence-electron chi connectivity index (χ4n) is 7.91. The van der Waals surface area contributed by atoms with Crippen molar-refractivity contribution >= 4 is 43.6 Å². The molecule has 0 spiro atoms. The first-order valence-electron chi connectivity index (χ1n) is 18.1. The Hall–Kier alpha value is -7.34. The van der Waals surface area contributed by atoms with Gasteiger partial charge in [0.2, 0.25) is 0 Å². The molecule has 0 saturated heterocycles. The molecule has 58 heavy (non-hydrogen) atoms. The Morgan fingerprint density at radius 3 is 1.36 bits per heavy atom. The monoisotopic (exact) mass is 776 g/mol. The zero-order valence-corrected chi connectivity index (χ0v) is 30.0. The zero-order chi connectivity index (χ0) is 39.8. The largest absolute Gasteiger partial charge is 0.417 e. The van der Waals surface area contributed by atoms with E-state index in [1.807, 2.05) is 89.5 Å². The average molecular weight is 777 g/mol.